The number of hydrogen-bond acceptors (Lipinski definition) is 1. The zero-order chi connectivity index (χ0) is 10.3. The minimum absolute atomic E-state index is 0.608. The Morgan fingerprint density at radius 2 is 1.27 bits per heavy atom. The van der Waals surface area contributed by atoms with Crippen LogP contribution in [0, 0.1) is 0 Å². The van der Waals surface area contributed by atoms with Crippen LogP contribution in [0.3, 0.4) is 0 Å². The Kier molecular flexibility index (Phi) is 1.78. The van der Waals surface area contributed by atoms with E-state index in [9.17, 15) is 4.32 Å². The van der Waals surface area contributed by atoms with Gasteiger partial charge in [-0.3, -0.25) is 0 Å². The summed E-state index contributed by atoms with van der Waals surface area (Å²) in [7, 11) is 0. The first-order valence-corrected chi connectivity index (χ1v) is 4.86. The van der Waals surface area contributed by atoms with Gasteiger partial charge < -0.3 is 9.05 Å². The Labute approximate surface area is 87.6 Å². The van der Waals surface area contributed by atoms with E-state index in [0.29, 0.717) is 22.4 Å². The molecule has 0 N–H and O–H groups in total. The first-order valence-electron chi connectivity index (χ1n) is 4.86. The molecule has 3 heteroatoms. The van der Waals surface area contributed by atoms with E-state index in [-0.39, 0.29) is 0 Å². The minimum atomic E-state index is -1.08. The van der Waals surface area contributed by atoms with Crippen LogP contribution in [-0.2, 0) is 0 Å². The highest BCUT2D eigenvalue weighted by Crippen LogP contribution is 2.23. The van der Waals surface area contributed by atoms with Crippen LogP contribution in [0.15, 0.2) is 48.5 Å². The van der Waals surface area contributed by atoms with Crippen molar-refractivity contribution in [1.29, 1.82) is 0 Å². The summed E-state index contributed by atoms with van der Waals surface area (Å²) in [4.78, 5) is 0. The lowest BCUT2D eigenvalue weighted by molar-refractivity contribution is 0.485. The van der Waals surface area contributed by atoms with Gasteiger partial charge >= 0.3 is 6.99 Å². The van der Waals surface area contributed by atoms with Gasteiger partial charge in [-0.2, -0.15) is 0 Å². The molecular weight excluding hydrogens is 190 g/mol. The molecule has 72 valence electrons. The SMILES string of the molecule is FB1c2ccccc2Oc2ccccc21. The maximum atomic E-state index is 14.1. The van der Waals surface area contributed by atoms with E-state index >= 15 is 0 Å². The molecule has 1 heterocycles. The highest BCUT2D eigenvalue weighted by molar-refractivity contribution is 6.81. The van der Waals surface area contributed by atoms with Gasteiger partial charge in [0.05, 0.1) is 0 Å². The molecule has 0 amide bonds. The number of rotatable bonds is 0. The van der Waals surface area contributed by atoms with Gasteiger partial charge in [0.1, 0.15) is 11.5 Å². The van der Waals surface area contributed by atoms with Crippen molar-refractivity contribution in [3.8, 4) is 11.5 Å². The normalized spacial score (nSPS) is 12.7. The van der Waals surface area contributed by atoms with Crippen LogP contribution in [0.2, 0.25) is 0 Å². The molecule has 0 aromatic heterocycles. The Hall–Kier alpha value is -1.77. The van der Waals surface area contributed by atoms with E-state index in [2.05, 4.69) is 0 Å². The summed E-state index contributed by atoms with van der Waals surface area (Å²) in [6.07, 6.45) is 0. The second-order valence-electron chi connectivity index (χ2n) is 3.54. The minimum Gasteiger partial charge on any atom is -0.458 e. The number of hydrogen-bond donors (Lipinski definition) is 0. The highest BCUT2D eigenvalue weighted by atomic mass is 19.1. The van der Waals surface area contributed by atoms with Crippen molar-refractivity contribution in [1.82, 2.24) is 0 Å². The molecule has 0 aliphatic carbocycles. The Bertz CT molecular complexity index is 467. The van der Waals surface area contributed by atoms with Gasteiger partial charge in [0.2, 0.25) is 0 Å². The maximum absolute atomic E-state index is 14.1. The van der Waals surface area contributed by atoms with Crippen molar-refractivity contribution in [2.75, 3.05) is 0 Å². The zero-order valence-corrected chi connectivity index (χ0v) is 7.98. The number of halogens is 1. The third-order valence-electron chi connectivity index (χ3n) is 2.60. The molecule has 1 aliphatic rings. The van der Waals surface area contributed by atoms with E-state index in [1.54, 1.807) is 24.3 Å². The van der Waals surface area contributed by atoms with Crippen molar-refractivity contribution < 1.29 is 9.05 Å². The summed E-state index contributed by atoms with van der Waals surface area (Å²) in [5.74, 6) is 1.23. The number of para-hydroxylation sites is 2. The van der Waals surface area contributed by atoms with Crippen molar-refractivity contribution in [3.63, 3.8) is 0 Å². The summed E-state index contributed by atoms with van der Waals surface area (Å²) in [6, 6.07) is 14.4. The van der Waals surface area contributed by atoms with Crippen LogP contribution in [0.5, 0.6) is 11.5 Å². The quantitative estimate of drug-likeness (QED) is 0.587. The zero-order valence-electron chi connectivity index (χ0n) is 7.98. The average Bonchev–Trinajstić information content (AvgIpc) is 2.30. The monoisotopic (exact) mass is 198 g/mol. The molecule has 0 saturated carbocycles. The number of ether oxygens (including phenoxy) is 1. The van der Waals surface area contributed by atoms with Gasteiger partial charge in [-0.05, 0) is 12.1 Å². The second kappa shape index (κ2) is 3.12. The molecule has 0 bridgehead atoms. The smallest absolute Gasteiger partial charge is 0.421 e. The van der Waals surface area contributed by atoms with Crippen LogP contribution in [0.1, 0.15) is 0 Å². The maximum Gasteiger partial charge on any atom is 0.421 e. The molecule has 15 heavy (non-hydrogen) atoms. The van der Waals surface area contributed by atoms with Gasteiger partial charge in [0, 0.05) is 10.9 Å². The van der Waals surface area contributed by atoms with Crippen molar-refractivity contribution in [2.45, 2.75) is 0 Å². The summed E-state index contributed by atoms with van der Waals surface area (Å²) in [5.41, 5.74) is 1.22. The van der Waals surface area contributed by atoms with Crippen molar-refractivity contribution in [3.05, 3.63) is 48.5 Å². The van der Waals surface area contributed by atoms with Gasteiger partial charge in [-0.25, -0.2) is 0 Å². The molecule has 0 radical (unpaired) electrons. The van der Waals surface area contributed by atoms with Gasteiger partial charge in [-0.1, -0.05) is 36.4 Å². The van der Waals surface area contributed by atoms with Crippen LogP contribution in [0.25, 0.3) is 0 Å². The van der Waals surface area contributed by atoms with Gasteiger partial charge in [0.15, 0.2) is 0 Å². The fraction of sp³-hybridized carbons (Fsp3) is 0. The summed E-state index contributed by atoms with van der Waals surface area (Å²) in [5, 5.41) is 0. The lowest BCUT2D eigenvalue weighted by atomic mass is 9.57. The first kappa shape index (κ1) is 8.54. The Morgan fingerprint density at radius 3 is 1.80 bits per heavy atom. The van der Waals surface area contributed by atoms with E-state index in [0.717, 1.165) is 0 Å². The summed E-state index contributed by atoms with van der Waals surface area (Å²) in [6.45, 7) is -1.08. The molecule has 0 atom stereocenters. The van der Waals surface area contributed by atoms with E-state index < -0.39 is 6.99 Å². The topological polar surface area (TPSA) is 9.23 Å². The molecular formula is C12H8BFO. The molecule has 0 spiro atoms. The molecule has 1 aliphatic heterocycles. The highest BCUT2D eigenvalue weighted by Gasteiger charge is 2.30. The van der Waals surface area contributed by atoms with Crippen molar-refractivity contribution in [2.24, 2.45) is 0 Å². The Balaban J connectivity index is 2.20. The lowest BCUT2D eigenvalue weighted by Crippen LogP contribution is -2.42. The molecule has 0 unspecified atom stereocenters. The molecule has 2 aromatic rings. The summed E-state index contributed by atoms with van der Waals surface area (Å²) >= 11 is 0. The van der Waals surface area contributed by atoms with Gasteiger partial charge in [0.25, 0.3) is 0 Å². The third-order valence-corrected chi connectivity index (χ3v) is 2.60. The van der Waals surface area contributed by atoms with Crippen molar-refractivity contribution >= 4 is 17.9 Å². The molecule has 0 saturated heterocycles. The fourth-order valence-corrected chi connectivity index (χ4v) is 1.85. The van der Waals surface area contributed by atoms with E-state index in [1.807, 2.05) is 24.3 Å². The summed E-state index contributed by atoms with van der Waals surface area (Å²) < 4.78 is 19.7. The standard InChI is InChI=1S/C12H8BFO/c14-13-9-5-1-3-7-11(9)15-12-8-4-2-6-10(12)13/h1-8H. The largest absolute Gasteiger partial charge is 0.458 e. The predicted octanol–water partition coefficient (Wildman–Crippen LogP) is 1.87. The van der Waals surface area contributed by atoms with Crippen LogP contribution < -0.4 is 15.7 Å². The van der Waals surface area contributed by atoms with Crippen LogP contribution >= 0.6 is 0 Å². The van der Waals surface area contributed by atoms with Crippen LogP contribution in [0.4, 0.5) is 4.32 Å². The molecule has 2 aromatic carbocycles. The first-order chi connectivity index (χ1) is 7.36. The number of fused-ring (bicyclic) bond motifs is 2. The Morgan fingerprint density at radius 1 is 0.800 bits per heavy atom. The molecule has 3 rings (SSSR count). The predicted molar refractivity (Wildman–Crippen MR) is 59.1 cm³/mol. The molecule has 0 fully saturated rings. The lowest BCUT2D eigenvalue weighted by Gasteiger charge is -2.20. The second-order valence-corrected chi connectivity index (χ2v) is 3.54. The average molecular weight is 198 g/mol. The number of benzene rings is 2. The van der Waals surface area contributed by atoms with E-state index in [4.69, 9.17) is 4.74 Å². The molecule has 1 nitrogen and oxygen atoms in total. The van der Waals surface area contributed by atoms with Crippen LogP contribution in [-0.4, -0.2) is 6.99 Å². The fourth-order valence-electron chi connectivity index (χ4n) is 1.85. The van der Waals surface area contributed by atoms with E-state index in [1.165, 1.54) is 0 Å². The third kappa shape index (κ3) is 1.23. The van der Waals surface area contributed by atoms with Gasteiger partial charge in [-0.15, -0.1) is 0 Å².